The monoisotopic (exact) mass is 488 g/mol. The highest BCUT2D eigenvalue weighted by Crippen LogP contribution is 2.29. The molecule has 6 nitrogen and oxygen atoms in total. The van der Waals surface area contributed by atoms with Crippen LogP contribution in [0.15, 0.2) is 102 Å². The molecule has 2 aromatic heterocycles. The van der Waals surface area contributed by atoms with Crippen molar-refractivity contribution in [3.63, 3.8) is 0 Å². The number of allylic oxidation sites excluding steroid dienone is 1. The first kappa shape index (κ1) is 23.5. The van der Waals surface area contributed by atoms with E-state index >= 15 is 0 Å². The number of hydrogen-bond acceptors (Lipinski definition) is 5. The topological polar surface area (TPSA) is 69.2 Å². The summed E-state index contributed by atoms with van der Waals surface area (Å²) in [5.41, 5.74) is 7.24. The number of para-hydroxylation sites is 2. The molecule has 2 unspecified atom stereocenters. The molecular formula is C31H32N6. The predicted octanol–water partition coefficient (Wildman–Crippen LogP) is 5.35. The zero-order chi connectivity index (χ0) is 24.9. The van der Waals surface area contributed by atoms with Crippen LogP contribution >= 0.6 is 0 Å². The maximum atomic E-state index is 4.88. The van der Waals surface area contributed by atoms with Crippen LogP contribution in [0.4, 0.5) is 0 Å². The standard InChI is InChI=1S/C31H32N6/c1-2-8-30-29(7-1)35-31(36-30)22-37(27-13-14-28-26(17-27)6-4-16-34-28)21-24-11-9-23(10-12-24)18-33-20-25-5-3-15-32-19-25/h1-12,15-17,19,27-28,33H,13-14,18,20-22H2,(H,35,36). The first-order valence-corrected chi connectivity index (χ1v) is 13.1. The highest BCUT2D eigenvalue weighted by molar-refractivity contribution is 5.75. The fourth-order valence-corrected chi connectivity index (χ4v) is 5.25. The molecule has 186 valence electrons. The Balaban J connectivity index is 1.17. The van der Waals surface area contributed by atoms with E-state index in [2.05, 4.69) is 91.9 Å². The maximum Gasteiger partial charge on any atom is 0.121 e. The second-order valence-corrected chi connectivity index (χ2v) is 9.87. The second-order valence-electron chi connectivity index (χ2n) is 9.87. The number of fused-ring (bicyclic) bond motifs is 2. The Morgan fingerprint density at radius 3 is 2.62 bits per heavy atom. The van der Waals surface area contributed by atoms with Gasteiger partial charge < -0.3 is 10.3 Å². The number of aromatic nitrogens is 3. The summed E-state index contributed by atoms with van der Waals surface area (Å²) in [6.45, 7) is 3.29. The summed E-state index contributed by atoms with van der Waals surface area (Å²) < 4.78 is 0. The smallest absolute Gasteiger partial charge is 0.121 e. The van der Waals surface area contributed by atoms with Gasteiger partial charge in [-0.3, -0.25) is 14.9 Å². The molecule has 2 atom stereocenters. The number of H-pyrrole nitrogens is 1. The Kier molecular flexibility index (Phi) is 7.01. The molecule has 37 heavy (non-hydrogen) atoms. The van der Waals surface area contributed by atoms with Crippen LogP contribution in [-0.4, -0.2) is 38.2 Å². The van der Waals surface area contributed by atoms with Gasteiger partial charge in [-0.15, -0.1) is 0 Å². The molecule has 1 aliphatic carbocycles. The van der Waals surface area contributed by atoms with Crippen LogP contribution in [0.2, 0.25) is 0 Å². The number of imidazole rings is 1. The van der Waals surface area contributed by atoms with Gasteiger partial charge in [-0.25, -0.2) is 4.98 Å². The van der Waals surface area contributed by atoms with Gasteiger partial charge in [0.25, 0.3) is 0 Å². The Morgan fingerprint density at radius 1 is 0.892 bits per heavy atom. The Bertz CT molecular complexity index is 1380. The molecule has 0 fully saturated rings. The van der Waals surface area contributed by atoms with E-state index in [1.54, 1.807) is 0 Å². The number of benzene rings is 2. The highest BCUT2D eigenvalue weighted by atomic mass is 15.2. The van der Waals surface area contributed by atoms with Crippen LogP contribution in [0, 0.1) is 0 Å². The predicted molar refractivity (Wildman–Crippen MR) is 149 cm³/mol. The van der Waals surface area contributed by atoms with Gasteiger partial charge in [0.15, 0.2) is 0 Å². The van der Waals surface area contributed by atoms with Crippen LogP contribution in [-0.2, 0) is 26.2 Å². The van der Waals surface area contributed by atoms with Crippen LogP contribution in [0.25, 0.3) is 11.0 Å². The Hall–Kier alpha value is -3.87. The van der Waals surface area contributed by atoms with Crippen molar-refractivity contribution in [2.45, 2.75) is 51.1 Å². The van der Waals surface area contributed by atoms with E-state index in [0.29, 0.717) is 12.1 Å². The lowest BCUT2D eigenvalue weighted by Crippen LogP contribution is -2.37. The number of nitrogens with zero attached hydrogens (tertiary/aromatic N) is 4. The van der Waals surface area contributed by atoms with Crippen molar-refractivity contribution in [1.82, 2.24) is 25.2 Å². The SMILES string of the molecule is C1=CC2=CC(N(Cc3ccc(CNCc4cccnc4)cc3)Cc3nc4ccccc4[nH]3)CCC2N=C1. The molecule has 4 aromatic rings. The minimum Gasteiger partial charge on any atom is -0.341 e. The molecule has 3 heterocycles. The molecule has 0 amide bonds. The third-order valence-corrected chi connectivity index (χ3v) is 7.20. The molecular weight excluding hydrogens is 456 g/mol. The fraction of sp³-hybridized carbons (Fsp3) is 0.258. The van der Waals surface area contributed by atoms with E-state index in [9.17, 15) is 0 Å². The van der Waals surface area contributed by atoms with Gasteiger partial charge in [-0.1, -0.05) is 54.6 Å². The van der Waals surface area contributed by atoms with E-state index in [1.165, 1.54) is 22.3 Å². The Labute approximate surface area is 217 Å². The lowest BCUT2D eigenvalue weighted by atomic mass is 9.89. The lowest BCUT2D eigenvalue weighted by Gasteiger charge is -2.34. The van der Waals surface area contributed by atoms with E-state index in [1.807, 2.05) is 30.7 Å². The van der Waals surface area contributed by atoms with E-state index in [4.69, 9.17) is 4.98 Å². The number of rotatable bonds is 9. The third kappa shape index (κ3) is 5.77. The molecule has 6 rings (SSSR count). The van der Waals surface area contributed by atoms with Gasteiger partial charge in [0, 0.05) is 44.3 Å². The van der Waals surface area contributed by atoms with E-state index < -0.39 is 0 Å². The van der Waals surface area contributed by atoms with Gasteiger partial charge in [0.2, 0.25) is 0 Å². The summed E-state index contributed by atoms with van der Waals surface area (Å²) >= 11 is 0. The van der Waals surface area contributed by atoms with Crippen LogP contribution in [0.5, 0.6) is 0 Å². The lowest BCUT2D eigenvalue weighted by molar-refractivity contribution is 0.188. The second kappa shape index (κ2) is 11.0. The van der Waals surface area contributed by atoms with Crippen LogP contribution in [0.1, 0.15) is 35.4 Å². The van der Waals surface area contributed by atoms with Gasteiger partial charge in [0.1, 0.15) is 5.82 Å². The van der Waals surface area contributed by atoms with E-state index in [-0.39, 0.29) is 0 Å². The summed E-state index contributed by atoms with van der Waals surface area (Å²) in [5, 5.41) is 3.51. The quantitative estimate of drug-likeness (QED) is 0.333. The van der Waals surface area contributed by atoms with Crippen molar-refractivity contribution in [3.05, 3.63) is 119 Å². The molecule has 0 saturated carbocycles. The zero-order valence-corrected chi connectivity index (χ0v) is 20.9. The average molecular weight is 489 g/mol. The van der Waals surface area contributed by atoms with Gasteiger partial charge >= 0.3 is 0 Å². The maximum absolute atomic E-state index is 4.88. The zero-order valence-electron chi connectivity index (χ0n) is 20.9. The van der Waals surface area contributed by atoms with Crippen molar-refractivity contribution in [2.24, 2.45) is 4.99 Å². The molecule has 2 N–H and O–H groups in total. The molecule has 0 bridgehead atoms. The van der Waals surface area contributed by atoms with Crippen molar-refractivity contribution in [3.8, 4) is 0 Å². The number of hydrogen-bond donors (Lipinski definition) is 2. The Morgan fingerprint density at radius 2 is 1.76 bits per heavy atom. The van der Waals surface area contributed by atoms with Crippen LogP contribution < -0.4 is 5.32 Å². The molecule has 2 aliphatic rings. The van der Waals surface area contributed by atoms with Crippen molar-refractivity contribution in [2.75, 3.05) is 0 Å². The highest BCUT2D eigenvalue weighted by Gasteiger charge is 2.26. The molecule has 6 heteroatoms. The van der Waals surface area contributed by atoms with Crippen molar-refractivity contribution in [1.29, 1.82) is 0 Å². The van der Waals surface area contributed by atoms with Gasteiger partial charge in [-0.2, -0.15) is 0 Å². The fourth-order valence-electron chi connectivity index (χ4n) is 5.25. The molecule has 0 spiro atoms. The molecule has 0 radical (unpaired) electrons. The van der Waals surface area contributed by atoms with Crippen molar-refractivity contribution < 1.29 is 0 Å². The number of pyridine rings is 1. The molecule has 1 aliphatic heterocycles. The first-order valence-electron chi connectivity index (χ1n) is 13.1. The summed E-state index contributed by atoms with van der Waals surface area (Å²) in [7, 11) is 0. The molecule has 0 saturated heterocycles. The minimum absolute atomic E-state index is 0.313. The average Bonchev–Trinajstić information content (AvgIpc) is 3.36. The summed E-state index contributed by atoms with van der Waals surface area (Å²) in [4.78, 5) is 19.8. The van der Waals surface area contributed by atoms with E-state index in [0.717, 1.165) is 55.9 Å². The number of dihydropyridines is 1. The third-order valence-electron chi connectivity index (χ3n) is 7.20. The number of aromatic amines is 1. The number of nitrogens with one attached hydrogen (secondary N) is 2. The van der Waals surface area contributed by atoms with Gasteiger partial charge in [-0.05, 0) is 59.4 Å². The summed E-state index contributed by atoms with van der Waals surface area (Å²) in [6.07, 6.45) is 14.5. The largest absolute Gasteiger partial charge is 0.341 e. The minimum atomic E-state index is 0.313. The van der Waals surface area contributed by atoms with Crippen molar-refractivity contribution >= 4 is 17.2 Å². The van der Waals surface area contributed by atoms with Gasteiger partial charge in [0.05, 0.1) is 23.6 Å². The summed E-state index contributed by atoms with van der Waals surface area (Å²) in [5.74, 6) is 1.01. The van der Waals surface area contributed by atoms with Crippen LogP contribution in [0.3, 0.4) is 0 Å². The number of aliphatic imine (C=N–C) groups is 1. The first-order chi connectivity index (χ1) is 18.3. The normalized spacial score (nSPS) is 18.8. The molecule has 2 aromatic carbocycles. The summed E-state index contributed by atoms with van der Waals surface area (Å²) in [6, 6.07) is 22.0.